The number of aryl methyl sites for hydroxylation is 1. The van der Waals surface area contributed by atoms with E-state index in [0.717, 1.165) is 13.1 Å². The van der Waals surface area contributed by atoms with Gasteiger partial charge in [-0.2, -0.15) is 5.10 Å². The number of piperidine rings is 1. The number of rotatable bonds is 2. The van der Waals surface area contributed by atoms with Crippen molar-refractivity contribution in [3.8, 4) is 11.1 Å². The molecular weight excluding hydrogens is 224 g/mol. The van der Waals surface area contributed by atoms with Crippen molar-refractivity contribution in [2.75, 3.05) is 13.1 Å². The van der Waals surface area contributed by atoms with Crippen LogP contribution in [-0.4, -0.2) is 27.9 Å². The maximum atomic E-state index is 4.75. The van der Waals surface area contributed by atoms with Crippen LogP contribution >= 0.6 is 0 Å². The summed E-state index contributed by atoms with van der Waals surface area (Å²) in [6, 6.07) is 2.13. The van der Waals surface area contributed by atoms with Crippen molar-refractivity contribution in [3.05, 3.63) is 29.8 Å². The van der Waals surface area contributed by atoms with Crippen molar-refractivity contribution < 1.29 is 0 Å². The lowest BCUT2D eigenvalue weighted by Crippen LogP contribution is -2.28. The summed E-state index contributed by atoms with van der Waals surface area (Å²) in [4.78, 5) is 3.14. The van der Waals surface area contributed by atoms with Crippen LogP contribution in [0.3, 0.4) is 0 Å². The van der Waals surface area contributed by atoms with E-state index in [4.69, 9.17) is 5.10 Å². The number of hydrogen-bond acceptors (Lipinski definition) is 2. The zero-order valence-electron chi connectivity index (χ0n) is 11.0. The predicted molar refractivity (Wildman–Crippen MR) is 72.6 cm³/mol. The average Bonchev–Trinajstić information content (AvgIpc) is 3.00. The summed E-state index contributed by atoms with van der Waals surface area (Å²) in [5, 5.41) is 8.23. The first-order valence-corrected chi connectivity index (χ1v) is 6.64. The Labute approximate surface area is 107 Å². The Morgan fingerprint density at radius 2 is 2.33 bits per heavy atom. The smallest absolute Gasteiger partial charge is 0.0749 e. The lowest BCUT2D eigenvalue weighted by Gasteiger charge is -2.22. The minimum absolute atomic E-state index is 0.545. The second-order valence-corrected chi connectivity index (χ2v) is 5.11. The third kappa shape index (κ3) is 1.86. The van der Waals surface area contributed by atoms with Crippen LogP contribution in [-0.2, 0) is 7.05 Å². The molecule has 3 heterocycles. The highest BCUT2D eigenvalue weighted by Gasteiger charge is 2.24. The topological polar surface area (TPSA) is 45.6 Å². The molecule has 4 nitrogen and oxygen atoms in total. The molecule has 0 bridgehead atoms. The van der Waals surface area contributed by atoms with Gasteiger partial charge in [-0.1, -0.05) is 0 Å². The van der Waals surface area contributed by atoms with Gasteiger partial charge in [-0.25, -0.2) is 0 Å². The fourth-order valence-corrected chi connectivity index (χ4v) is 2.84. The molecule has 0 aliphatic carbocycles. The van der Waals surface area contributed by atoms with Crippen LogP contribution in [0.5, 0.6) is 0 Å². The van der Waals surface area contributed by atoms with Gasteiger partial charge in [-0.05, 0) is 32.4 Å². The molecule has 4 heteroatoms. The lowest BCUT2D eigenvalue weighted by atomic mass is 9.91. The molecule has 0 radical (unpaired) electrons. The van der Waals surface area contributed by atoms with Crippen LogP contribution in [0.1, 0.15) is 30.1 Å². The summed E-state index contributed by atoms with van der Waals surface area (Å²) in [6.07, 6.45) is 6.52. The Morgan fingerprint density at radius 1 is 1.44 bits per heavy atom. The van der Waals surface area contributed by atoms with E-state index in [1.54, 1.807) is 0 Å². The third-order valence-corrected chi connectivity index (χ3v) is 3.93. The molecule has 1 unspecified atom stereocenters. The van der Waals surface area contributed by atoms with Gasteiger partial charge in [0.15, 0.2) is 0 Å². The molecule has 1 atom stereocenters. The molecule has 0 saturated carbocycles. The Balaban J connectivity index is 2.06. The van der Waals surface area contributed by atoms with Crippen molar-refractivity contribution >= 4 is 0 Å². The van der Waals surface area contributed by atoms with E-state index >= 15 is 0 Å². The Bertz CT molecular complexity index is 518. The molecule has 96 valence electrons. The second-order valence-electron chi connectivity index (χ2n) is 5.11. The van der Waals surface area contributed by atoms with E-state index in [9.17, 15) is 0 Å². The van der Waals surface area contributed by atoms with Gasteiger partial charge in [-0.15, -0.1) is 0 Å². The fourth-order valence-electron chi connectivity index (χ4n) is 2.84. The third-order valence-electron chi connectivity index (χ3n) is 3.93. The van der Waals surface area contributed by atoms with Gasteiger partial charge in [0.25, 0.3) is 0 Å². The Morgan fingerprint density at radius 3 is 3.00 bits per heavy atom. The number of aromatic nitrogens is 3. The molecule has 0 spiro atoms. The van der Waals surface area contributed by atoms with Crippen LogP contribution in [0, 0.1) is 6.92 Å². The van der Waals surface area contributed by atoms with E-state index in [0.29, 0.717) is 5.92 Å². The van der Waals surface area contributed by atoms with Gasteiger partial charge >= 0.3 is 0 Å². The molecule has 3 rings (SSSR count). The Hall–Kier alpha value is -1.55. The zero-order valence-corrected chi connectivity index (χ0v) is 11.0. The molecule has 1 aliphatic heterocycles. The molecule has 18 heavy (non-hydrogen) atoms. The monoisotopic (exact) mass is 244 g/mol. The first-order valence-electron chi connectivity index (χ1n) is 6.64. The van der Waals surface area contributed by atoms with Crippen LogP contribution in [0.25, 0.3) is 11.1 Å². The predicted octanol–water partition coefficient (Wildman–Crippen LogP) is 2.19. The summed E-state index contributed by atoms with van der Waals surface area (Å²) in [5.41, 5.74) is 5.06. The van der Waals surface area contributed by atoms with Gasteiger partial charge in [0.2, 0.25) is 0 Å². The number of nitrogens with one attached hydrogen (secondary N) is 2. The van der Waals surface area contributed by atoms with Crippen LogP contribution in [0.2, 0.25) is 0 Å². The van der Waals surface area contributed by atoms with Crippen LogP contribution in [0.4, 0.5) is 0 Å². The largest absolute Gasteiger partial charge is 0.367 e. The molecular formula is C14H20N4. The normalized spacial score (nSPS) is 20.2. The van der Waals surface area contributed by atoms with E-state index in [2.05, 4.69) is 29.5 Å². The highest BCUT2D eigenvalue weighted by Crippen LogP contribution is 2.34. The molecule has 2 aromatic rings. The minimum atomic E-state index is 0.545. The van der Waals surface area contributed by atoms with E-state index in [1.807, 2.05) is 17.9 Å². The first kappa shape index (κ1) is 11.5. The van der Waals surface area contributed by atoms with Crippen LogP contribution in [0.15, 0.2) is 18.5 Å². The number of aromatic amines is 1. The second kappa shape index (κ2) is 4.61. The highest BCUT2D eigenvalue weighted by molar-refractivity contribution is 5.68. The number of nitrogens with zero attached hydrogens (tertiary/aromatic N) is 2. The van der Waals surface area contributed by atoms with Crippen molar-refractivity contribution in [3.63, 3.8) is 0 Å². The van der Waals surface area contributed by atoms with E-state index in [1.165, 1.54) is 35.4 Å². The standard InChI is InChI=1S/C14H20N4/c1-10-13(11-5-7-16-8-11)14(17-18(10)2)12-4-3-6-15-9-12/h5,7-8,12,15-16H,3-4,6,9H2,1-2H3. The van der Waals surface area contributed by atoms with Gasteiger partial charge < -0.3 is 10.3 Å². The molecule has 1 fully saturated rings. The Kier molecular flexibility index (Phi) is 2.96. The van der Waals surface area contributed by atoms with Crippen molar-refractivity contribution in [1.82, 2.24) is 20.1 Å². The molecule has 1 aliphatic rings. The quantitative estimate of drug-likeness (QED) is 0.850. The molecule has 0 amide bonds. The van der Waals surface area contributed by atoms with Gasteiger partial charge in [0.1, 0.15) is 0 Å². The number of H-pyrrole nitrogens is 1. The van der Waals surface area contributed by atoms with Crippen molar-refractivity contribution in [1.29, 1.82) is 0 Å². The van der Waals surface area contributed by atoms with E-state index < -0.39 is 0 Å². The summed E-state index contributed by atoms with van der Waals surface area (Å²) in [5.74, 6) is 0.545. The molecule has 1 saturated heterocycles. The summed E-state index contributed by atoms with van der Waals surface area (Å²) in [6.45, 7) is 4.34. The number of hydrogen-bond donors (Lipinski definition) is 2. The fraction of sp³-hybridized carbons (Fsp3) is 0.500. The zero-order chi connectivity index (χ0) is 12.5. The van der Waals surface area contributed by atoms with Gasteiger partial charge in [0, 0.05) is 48.7 Å². The summed E-state index contributed by atoms with van der Waals surface area (Å²) in [7, 11) is 2.03. The molecule has 2 N–H and O–H groups in total. The van der Waals surface area contributed by atoms with Gasteiger partial charge in [-0.3, -0.25) is 4.68 Å². The maximum Gasteiger partial charge on any atom is 0.0749 e. The summed E-state index contributed by atoms with van der Waals surface area (Å²) < 4.78 is 2.01. The van der Waals surface area contributed by atoms with Gasteiger partial charge in [0.05, 0.1) is 5.69 Å². The maximum absolute atomic E-state index is 4.75. The molecule has 2 aromatic heterocycles. The summed E-state index contributed by atoms with van der Waals surface area (Å²) >= 11 is 0. The van der Waals surface area contributed by atoms with Crippen molar-refractivity contribution in [2.45, 2.75) is 25.7 Å². The lowest BCUT2D eigenvalue weighted by molar-refractivity contribution is 0.452. The first-order chi connectivity index (χ1) is 8.77. The van der Waals surface area contributed by atoms with Crippen LogP contribution < -0.4 is 5.32 Å². The van der Waals surface area contributed by atoms with E-state index in [-0.39, 0.29) is 0 Å². The minimum Gasteiger partial charge on any atom is -0.367 e. The SMILES string of the molecule is Cc1c(-c2cc[nH]c2)c(C2CCCNC2)nn1C. The van der Waals surface area contributed by atoms with Crippen molar-refractivity contribution in [2.24, 2.45) is 7.05 Å². The molecule has 0 aromatic carbocycles. The average molecular weight is 244 g/mol. The highest BCUT2D eigenvalue weighted by atomic mass is 15.3.